The van der Waals surface area contributed by atoms with E-state index in [0.29, 0.717) is 0 Å². The van der Waals surface area contributed by atoms with Crippen LogP contribution in [0.2, 0.25) is 0 Å². The summed E-state index contributed by atoms with van der Waals surface area (Å²) in [5.41, 5.74) is 6.25. The van der Waals surface area contributed by atoms with Crippen LogP contribution in [0.4, 0.5) is 5.69 Å². The normalized spacial score (nSPS) is 24.6. The topological polar surface area (TPSA) is 75.4 Å². The molecule has 0 aliphatic heterocycles. The highest BCUT2D eigenvalue weighted by Gasteiger charge is 2.44. The molecule has 2 rings (SSSR count). The molecule has 0 radical (unpaired) electrons. The molecule has 0 aromatic heterocycles. The lowest BCUT2D eigenvalue weighted by Crippen LogP contribution is -2.49. The molecular formula is C16H23N3O2. The smallest absolute Gasteiger partial charge is 0.243 e. The first-order valence-electron chi connectivity index (χ1n) is 7.29. The van der Waals surface area contributed by atoms with Gasteiger partial charge >= 0.3 is 0 Å². The van der Waals surface area contributed by atoms with E-state index in [-0.39, 0.29) is 24.4 Å². The van der Waals surface area contributed by atoms with Crippen molar-refractivity contribution >= 4 is 17.5 Å². The van der Waals surface area contributed by atoms with Gasteiger partial charge in [0.05, 0.1) is 12.0 Å². The largest absolute Gasteiger partial charge is 0.336 e. The Balaban J connectivity index is 1.93. The highest BCUT2D eigenvalue weighted by atomic mass is 16.2. The number of anilines is 1. The summed E-state index contributed by atoms with van der Waals surface area (Å²) in [6.45, 7) is 1.94. The number of hydrogen-bond donors (Lipinski definition) is 2. The molecule has 0 heterocycles. The molecule has 0 bridgehead atoms. The Kier molecular flexibility index (Phi) is 4.63. The maximum atomic E-state index is 12.5. The molecule has 3 N–H and O–H groups in total. The number of nitrogens with one attached hydrogen (secondary N) is 1. The number of carbonyl (C=O) groups is 2. The molecule has 1 saturated carbocycles. The van der Waals surface area contributed by atoms with E-state index in [4.69, 9.17) is 5.73 Å². The van der Waals surface area contributed by atoms with Crippen LogP contribution in [-0.2, 0) is 9.59 Å². The van der Waals surface area contributed by atoms with Crippen LogP contribution >= 0.6 is 0 Å². The molecule has 2 atom stereocenters. The number of carbonyl (C=O) groups excluding carboxylic acids is 2. The third-order valence-corrected chi connectivity index (χ3v) is 4.30. The van der Waals surface area contributed by atoms with E-state index in [9.17, 15) is 9.59 Å². The summed E-state index contributed by atoms with van der Waals surface area (Å²) >= 11 is 0. The number of hydrogen-bond acceptors (Lipinski definition) is 3. The van der Waals surface area contributed by atoms with Gasteiger partial charge in [0.2, 0.25) is 11.8 Å². The van der Waals surface area contributed by atoms with E-state index in [1.807, 2.05) is 37.3 Å². The van der Waals surface area contributed by atoms with Crippen molar-refractivity contribution in [2.24, 2.45) is 11.1 Å². The van der Waals surface area contributed by atoms with Crippen molar-refractivity contribution in [2.45, 2.75) is 32.2 Å². The molecule has 1 aliphatic carbocycles. The van der Waals surface area contributed by atoms with E-state index in [1.54, 1.807) is 7.05 Å². The minimum atomic E-state index is -0.540. The molecule has 2 unspecified atom stereocenters. The molecule has 2 amide bonds. The lowest BCUT2D eigenvalue weighted by atomic mass is 9.83. The molecule has 1 aromatic carbocycles. The van der Waals surface area contributed by atoms with E-state index in [1.165, 1.54) is 4.90 Å². The van der Waals surface area contributed by atoms with Crippen LogP contribution in [0.1, 0.15) is 26.2 Å². The van der Waals surface area contributed by atoms with Gasteiger partial charge in [0, 0.05) is 18.8 Å². The summed E-state index contributed by atoms with van der Waals surface area (Å²) in [7, 11) is 1.66. The second-order valence-corrected chi connectivity index (χ2v) is 5.99. The summed E-state index contributed by atoms with van der Waals surface area (Å²) in [5, 5.41) is 2.78. The first kappa shape index (κ1) is 15.5. The van der Waals surface area contributed by atoms with Crippen molar-refractivity contribution in [3.05, 3.63) is 30.3 Å². The van der Waals surface area contributed by atoms with Crippen LogP contribution < -0.4 is 11.1 Å². The van der Waals surface area contributed by atoms with E-state index < -0.39 is 5.41 Å². The molecule has 5 nitrogen and oxygen atoms in total. The van der Waals surface area contributed by atoms with Crippen molar-refractivity contribution in [1.82, 2.24) is 4.90 Å². The number of nitrogens with two attached hydrogens (primary N) is 1. The molecule has 114 valence electrons. The maximum Gasteiger partial charge on any atom is 0.243 e. The zero-order valence-corrected chi connectivity index (χ0v) is 12.6. The van der Waals surface area contributed by atoms with E-state index in [0.717, 1.165) is 24.9 Å². The van der Waals surface area contributed by atoms with Crippen LogP contribution in [-0.4, -0.2) is 36.3 Å². The van der Waals surface area contributed by atoms with Crippen LogP contribution in [0, 0.1) is 5.41 Å². The minimum absolute atomic E-state index is 0.0377. The van der Waals surface area contributed by atoms with Gasteiger partial charge in [0.1, 0.15) is 0 Å². The van der Waals surface area contributed by atoms with Crippen molar-refractivity contribution in [1.29, 1.82) is 0 Å². The van der Waals surface area contributed by atoms with Gasteiger partial charge in [-0.2, -0.15) is 0 Å². The Morgan fingerprint density at radius 1 is 1.38 bits per heavy atom. The van der Waals surface area contributed by atoms with Gasteiger partial charge in [-0.05, 0) is 31.9 Å². The summed E-state index contributed by atoms with van der Waals surface area (Å²) in [6.07, 6.45) is 2.62. The third-order valence-electron chi connectivity index (χ3n) is 4.30. The lowest BCUT2D eigenvalue weighted by molar-refractivity contribution is -0.142. The number of benzene rings is 1. The van der Waals surface area contributed by atoms with Gasteiger partial charge in [0.15, 0.2) is 0 Å². The van der Waals surface area contributed by atoms with Gasteiger partial charge in [-0.15, -0.1) is 0 Å². The van der Waals surface area contributed by atoms with Gasteiger partial charge < -0.3 is 16.0 Å². The Labute approximate surface area is 125 Å². The Morgan fingerprint density at radius 2 is 2.05 bits per heavy atom. The quantitative estimate of drug-likeness (QED) is 0.884. The Hall–Kier alpha value is -1.88. The van der Waals surface area contributed by atoms with Crippen LogP contribution in [0.3, 0.4) is 0 Å². The van der Waals surface area contributed by atoms with Crippen molar-refractivity contribution in [3.8, 4) is 0 Å². The number of para-hydroxylation sites is 1. The summed E-state index contributed by atoms with van der Waals surface area (Å²) in [4.78, 5) is 26.0. The fraction of sp³-hybridized carbons (Fsp3) is 0.500. The zero-order chi connectivity index (χ0) is 15.5. The first-order chi connectivity index (χ1) is 9.93. The zero-order valence-electron chi connectivity index (χ0n) is 12.6. The Bertz CT molecular complexity index is 518. The number of amides is 2. The van der Waals surface area contributed by atoms with E-state index in [2.05, 4.69) is 5.32 Å². The summed E-state index contributed by atoms with van der Waals surface area (Å²) in [5.74, 6) is -0.247. The summed E-state index contributed by atoms with van der Waals surface area (Å²) in [6, 6.07) is 9.09. The van der Waals surface area contributed by atoms with Crippen LogP contribution in [0.25, 0.3) is 0 Å². The fourth-order valence-corrected chi connectivity index (χ4v) is 2.90. The van der Waals surface area contributed by atoms with Crippen molar-refractivity contribution < 1.29 is 9.59 Å². The average molecular weight is 289 g/mol. The van der Waals surface area contributed by atoms with Gasteiger partial charge in [0.25, 0.3) is 0 Å². The molecule has 1 fully saturated rings. The first-order valence-corrected chi connectivity index (χ1v) is 7.29. The molecule has 1 aromatic rings. The molecular weight excluding hydrogens is 266 g/mol. The standard InChI is InChI=1S/C16H23N3O2/c1-16(10-6-9-13(16)17)15(21)19(2)11-14(20)18-12-7-4-3-5-8-12/h3-5,7-8,13H,6,9-11,17H2,1-2H3,(H,18,20). The molecule has 21 heavy (non-hydrogen) atoms. The SMILES string of the molecule is CN(CC(=O)Nc1ccccc1)C(=O)C1(C)CCCC1N. The maximum absolute atomic E-state index is 12.5. The predicted molar refractivity (Wildman–Crippen MR) is 82.6 cm³/mol. The molecule has 0 saturated heterocycles. The molecule has 0 spiro atoms. The number of nitrogens with zero attached hydrogens (tertiary/aromatic N) is 1. The second kappa shape index (κ2) is 6.26. The number of rotatable bonds is 4. The van der Waals surface area contributed by atoms with Crippen LogP contribution in [0.5, 0.6) is 0 Å². The van der Waals surface area contributed by atoms with Crippen molar-refractivity contribution in [3.63, 3.8) is 0 Å². The monoisotopic (exact) mass is 289 g/mol. The van der Waals surface area contributed by atoms with Gasteiger partial charge in [-0.25, -0.2) is 0 Å². The van der Waals surface area contributed by atoms with Crippen LogP contribution in [0.15, 0.2) is 30.3 Å². The van der Waals surface area contributed by atoms with Gasteiger partial charge in [-0.3, -0.25) is 9.59 Å². The number of likely N-dealkylation sites (N-methyl/N-ethyl adjacent to an activating group) is 1. The van der Waals surface area contributed by atoms with E-state index >= 15 is 0 Å². The lowest BCUT2D eigenvalue weighted by Gasteiger charge is -2.32. The molecule has 1 aliphatic rings. The average Bonchev–Trinajstić information content (AvgIpc) is 2.80. The minimum Gasteiger partial charge on any atom is -0.336 e. The fourth-order valence-electron chi connectivity index (χ4n) is 2.90. The summed E-state index contributed by atoms with van der Waals surface area (Å²) < 4.78 is 0. The van der Waals surface area contributed by atoms with Gasteiger partial charge in [-0.1, -0.05) is 24.6 Å². The highest BCUT2D eigenvalue weighted by Crippen LogP contribution is 2.38. The third kappa shape index (κ3) is 3.42. The predicted octanol–water partition coefficient (Wildman–Crippen LogP) is 1.60. The Morgan fingerprint density at radius 3 is 2.62 bits per heavy atom. The molecule has 5 heteroatoms. The highest BCUT2D eigenvalue weighted by molar-refractivity contribution is 5.95. The van der Waals surface area contributed by atoms with Crippen molar-refractivity contribution in [2.75, 3.05) is 18.9 Å². The second-order valence-electron chi connectivity index (χ2n) is 5.99.